The Balaban J connectivity index is 1.71. The van der Waals surface area contributed by atoms with Crippen LogP contribution in [0.3, 0.4) is 0 Å². The van der Waals surface area contributed by atoms with Crippen LogP contribution in [-0.4, -0.2) is 140 Å². The molecule has 1 amide bonds. The molecule has 2 saturated heterocycles. The Morgan fingerprint density at radius 3 is 1.20 bits per heavy atom. The largest absolute Gasteiger partial charge is 0.394 e. The van der Waals surface area contributed by atoms with Gasteiger partial charge >= 0.3 is 0 Å². The fourth-order valence-corrected chi connectivity index (χ4v) is 10.8. The van der Waals surface area contributed by atoms with Crippen LogP contribution in [0, 0.1) is 0 Å². The molecule has 2 aliphatic heterocycles. The number of rotatable bonds is 57. The molecule has 2 rings (SSSR count). The van der Waals surface area contributed by atoms with Crippen LogP contribution < -0.4 is 5.32 Å². The Hall–Kier alpha value is -4.13. The minimum absolute atomic E-state index is 0.234. The maximum absolute atomic E-state index is 13.3. The van der Waals surface area contributed by atoms with E-state index in [4.69, 9.17) is 18.9 Å². The lowest BCUT2D eigenvalue weighted by atomic mass is 9.97. The normalized spacial score (nSPS) is 23.6. The SMILES string of the molecule is CC/C=C\C/C=C\C/C=C\C/C=C\C/C=C\C/C=C\C/C=C\C/C=C\C/C=C\C/C=C\CCCCCCC(=O)NC(COC1OC(CO)C(OC2OC(CO)C(O)C(O)C2O)C(O)C1O)C(O)/C=C/CC/C=C/CCCCCCCCCCCCCCCCCCC. The van der Waals surface area contributed by atoms with Gasteiger partial charge in [-0.25, -0.2) is 0 Å². The summed E-state index contributed by atoms with van der Waals surface area (Å²) >= 11 is 0. The molecule has 12 unspecified atom stereocenters. The van der Waals surface area contributed by atoms with Crippen LogP contribution in [0.1, 0.15) is 245 Å². The van der Waals surface area contributed by atoms with E-state index in [1.54, 1.807) is 6.08 Å². The summed E-state index contributed by atoms with van der Waals surface area (Å²) in [6.07, 6.45) is 74.7. The molecule has 2 aliphatic rings. The molecule has 12 atom stereocenters. The molecule has 14 heteroatoms. The lowest BCUT2D eigenvalue weighted by Crippen LogP contribution is -2.65. The van der Waals surface area contributed by atoms with Crippen LogP contribution in [0.2, 0.25) is 0 Å². The van der Waals surface area contributed by atoms with E-state index in [-0.39, 0.29) is 18.9 Å². The molecule has 0 saturated carbocycles. The van der Waals surface area contributed by atoms with E-state index in [0.29, 0.717) is 12.8 Å². The first-order valence-corrected chi connectivity index (χ1v) is 36.1. The topological polar surface area (TPSA) is 228 Å². The van der Waals surface area contributed by atoms with Crippen LogP contribution in [0.15, 0.2) is 146 Å². The lowest BCUT2D eigenvalue weighted by Gasteiger charge is -2.46. The van der Waals surface area contributed by atoms with Gasteiger partial charge in [0.2, 0.25) is 5.91 Å². The zero-order valence-corrected chi connectivity index (χ0v) is 57.0. The van der Waals surface area contributed by atoms with Crippen LogP contribution in [0.25, 0.3) is 0 Å². The number of ether oxygens (including phenoxy) is 4. The second kappa shape index (κ2) is 60.5. The highest BCUT2D eigenvalue weighted by atomic mass is 16.7. The van der Waals surface area contributed by atoms with Crippen LogP contribution >= 0.6 is 0 Å². The molecule has 0 radical (unpaired) electrons. The van der Waals surface area contributed by atoms with E-state index >= 15 is 0 Å². The van der Waals surface area contributed by atoms with Crippen molar-refractivity contribution in [2.24, 2.45) is 0 Å². The smallest absolute Gasteiger partial charge is 0.220 e. The number of aliphatic hydroxyl groups excluding tert-OH is 8. The van der Waals surface area contributed by atoms with Gasteiger partial charge in [-0.15, -0.1) is 0 Å². The first kappa shape index (κ1) is 84.0. The van der Waals surface area contributed by atoms with Crippen molar-refractivity contribution in [1.82, 2.24) is 5.32 Å². The molecular weight excluding hydrogens is 1160 g/mol. The first-order chi connectivity index (χ1) is 45.1. The second-order valence-corrected chi connectivity index (χ2v) is 24.6. The summed E-state index contributed by atoms with van der Waals surface area (Å²) in [4.78, 5) is 13.3. The van der Waals surface area contributed by atoms with E-state index in [1.165, 1.54) is 109 Å². The molecule has 2 heterocycles. The summed E-state index contributed by atoms with van der Waals surface area (Å²) in [5.74, 6) is -0.278. The van der Waals surface area contributed by atoms with Crippen LogP contribution in [-0.2, 0) is 23.7 Å². The maximum Gasteiger partial charge on any atom is 0.220 e. The number of hydrogen-bond acceptors (Lipinski definition) is 13. The van der Waals surface area contributed by atoms with Crippen LogP contribution in [0.4, 0.5) is 0 Å². The van der Waals surface area contributed by atoms with Crippen molar-refractivity contribution in [2.45, 2.75) is 319 Å². The van der Waals surface area contributed by atoms with Crippen molar-refractivity contribution >= 4 is 5.91 Å². The number of amides is 1. The molecule has 0 aromatic rings. The van der Waals surface area contributed by atoms with E-state index in [9.17, 15) is 45.6 Å². The zero-order valence-electron chi connectivity index (χ0n) is 57.0. The molecule has 524 valence electrons. The third kappa shape index (κ3) is 43.8. The number of aliphatic hydroxyl groups is 8. The molecule has 0 aromatic carbocycles. The predicted molar refractivity (Wildman–Crippen MR) is 378 cm³/mol. The fraction of sp³-hybridized carbons (Fsp3) is 0.679. The van der Waals surface area contributed by atoms with Crippen molar-refractivity contribution in [3.8, 4) is 0 Å². The van der Waals surface area contributed by atoms with Crippen molar-refractivity contribution < 1.29 is 64.6 Å². The molecule has 92 heavy (non-hydrogen) atoms. The third-order valence-corrected chi connectivity index (χ3v) is 16.5. The minimum atomic E-state index is -1.80. The van der Waals surface area contributed by atoms with Crippen LogP contribution in [0.5, 0.6) is 0 Å². The number of carbonyl (C=O) groups excluding carboxylic acids is 1. The molecule has 14 nitrogen and oxygen atoms in total. The Morgan fingerprint density at radius 1 is 0.402 bits per heavy atom. The summed E-state index contributed by atoms with van der Waals surface area (Å²) in [5, 5.41) is 87.4. The monoisotopic (exact) mass is 1290 g/mol. The molecule has 0 spiro atoms. The van der Waals surface area contributed by atoms with Crippen molar-refractivity contribution in [3.63, 3.8) is 0 Å². The number of carbonyl (C=O) groups is 1. The van der Waals surface area contributed by atoms with Gasteiger partial charge in [0.15, 0.2) is 12.6 Å². The van der Waals surface area contributed by atoms with Crippen molar-refractivity contribution in [3.05, 3.63) is 146 Å². The minimum Gasteiger partial charge on any atom is -0.394 e. The van der Waals surface area contributed by atoms with E-state index in [2.05, 4.69) is 153 Å². The van der Waals surface area contributed by atoms with Gasteiger partial charge in [0.05, 0.1) is 32.0 Å². The summed E-state index contributed by atoms with van der Waals surface area (Å²) in [5.41, 5.74) is 0. The highest BCUT2D eigenvalue weighted by Gasteiger charge is 2.51. The Morgan fingerprint density at radius 2 is 0.761 bits per heavy atom. The Kier molecular flexibility index (Phi) is 55.2. The number of unbranched alkanes of at least 4 members (excludes halogenated alkanes) is 22. The number of hydrogen-bond donors (Lipinski definition) is 9. The average molecular weight is 1290 g/mol. The molecule has 0 bridgehead atoms. The van der Waals surface area contributed by atoms with E-state index in [1.807, 2.05) is 6.08 Å². The molecule has 2 fully saturated rings. The average Bonchev–Trinajstić information content (AvgIpc) is 0.830. The second-order valence-electron chi connectivity index (χ2n) is 24.6. The third-order valence-electron chi connectivity index (χ3n) is 16.5. The quantitative estimate of drug-likeness (QED) is 0.0204. The van der Waals surface area contributed by atoms with Gasteiger partial charge in [-0.05, 0) is 109 Å². The summed E-state index contributed by atoms with van der Waals surface area (Å²) < 4.78 is 22.8. The van der Waals surface area contributed by atoms with E-state index in [0.717, 1.165) is 103 Å². The van der Waals surface area contributed by atoms with Gasteiger partial charge in [-0.3, -0.25) is 4.79 Å². The van der Waals surface area contributed by atoms with Gasteiger partial charge in [0.25, 0.3) is 0 Å². The Labute approximate surface area is 557 Å². The standard InChI is InChI=1S/C78H129NO13/c1-3-5-7-9-11-13-15-17-19-21-23-25-27-28-29-30-31-32-33-34-35-36-37-38-40-42-44-46-48-50-52-54-56-58-60-62-70(83)79-66(65-89-77-75(88)73(86)76(69(64-81)91-77)92-78-74(87)72(85)71(84)68(63-80)90-78)67(82)61-59-57-55-53-51-49-47-45-43-41-39-26-24-22-20-18-16-14-12-10-8-6-4-2/h5,7,11,13,17,19,23,25,28-29,31-32,34-35,37-38,42,44,48,50-51,53,59,61,66-69,71-78,80-82,84-88H,3-4,6,8-10,12,14-16,18,20-22,24,26-27,30,33,36,39-41,43,45-47,49,52,54-58,60,62-65H2,1-2H3,(H,79,83)/b7-5-,13-11-,19-17-,25-23-,29-28-,32-31-,35-34-,38-37-,44-42-,50-48-,53-51+,61-59+. The maximum atomic E-state index is 13.3. The van der Waals surface area contributed by atoms with E-state index < -0.39 is 86.8 Å². The fourth-order valence-electron chi connectivity index (χ4n) is 10.8. The molecule has 0 aliphatic carbocycles. The molecule has 9 N–H and O–H groups in total. The zero-order chi connectivity index (χ0) is 66.6. The first-order valence-electron chi connectivity index (χ1n) is 36.1. The summed E-state index contributed by atoms with van der Waals surface area (Å²) in [6, 6.07) is -0.958. The summed E-state index contributed by atoms with van der Waals surface area (Å²) in [6.45, 7) is 2.65. The highest BCUT2D eigenvalue weighted by Crippen LogP contribution is 2.30. The highest BCUT2D eigenvalue weighted by molar-refractivity contribution is 5.76. The van der Waals surface area contributed by atoms with Crippen molar-refractivity contribution in [1.29, 1.82) is 0 Å². The van der Waals surface area contributed by atoms with Gasteiger partial charge in [-0.2, -0.15) is 0 Å². The number of allylic oxidation sites excluding steroid dienone is 23. The van der Waals surface area contributed by atoms with Gasteiger partial charge in [0, 0.05) is 6.42 Å². The van der Waals surface area contributed by atoms with Gasteiger partial charge < -0.3 is 65.1 Å². The Bertz CT molecular complexity index is 2110. The molecular formula is C78H129NO13. The van der Waals surface area contributed by atoms with Gasteiger partial charge in [0.1, 0.15) is 48.8 Å². The molecule has 0 aromatic heterocycles. The lowest BCUT2D eigenvalue weighted by molar-refractivity contribution is -0.359. The number of nitrogens with one attached hydrogen (secondary N) is 1. The predicted octanol–water partition coefficient (Wildman–Crippen LogP) is 15.2. The van der Waals surface area contributed by atoms with Crippen molar-refractivity contribution in [2.75, 3.05) is 19.8 Å². The van der Waals surface area contributed by atoms with Gasteiger partial charge in [-0.1, -0.05) is 275 Å². The summed E-state index contributed by atoms with van der Waals surface area (Å²) in [7, 11) is 0.